The van der Waals surface area contributed by atoms with Gasteiger partial charge in [-0.3, -0.25) is 0 Å². The molecule has 1 aromatic heterocycles. The minimum absolute atomic E-state index is 0.0266. The second-order valence-electron chi connectivity index (χ2n) is 7.78. The lowest BCUT2D eigenvalue weighted by molar-refractivity contribution is 0.443. The summed E-state index contributed by atoms with van der Waals surface area (Å²) in [5.41, 5.74) is 11.8. The Morgan fingerprint density at radius 2 is 2.00 bits per heavy atom. The van der Waals surface area contributed by atoms with Crippen LogP contribution in [0, 0.1) is 11.4 Å². The molecule has 0 aliphatic heterocycles. The first-order chi connectivity index (χ1) is 13.1. The molecule has 0 amide bonds. The Morgan fingerprint density at radius 3 is 2.70 bits per heavy atom. The summed E-state index contributed by atoms with van der Waals surface area (Å²) in [6.45, 7) is 7.58. The topological polar surface area (TPSA) is 74.3 Å². The van der Waals surface area contributed by atoms with Crippen LogP contribution in [-0.2, 0) is 0 Å². The standard InChI is InChI=1S/C22H26N4O/c1-14(25-23)19-12-20(19)22-21(15(2)27)13-24-26(22)18-10-6-9-17(11-18)16-7-4-3-5-8-16/h6,9-11,13,16,19-20,23,27H,1-5,7-8,12H2. The number of benzene rings is 1. The number of rotatable bonds is 6. The summed E-state index contributed by atoms with van der Waals surface area (Å²) in [4.78, 5) is 0. The molecule has 5 nitrogen and oxygen atoms in total. The molecule has 0 radical (unpaired) electrons. The smallest absolute Gasteiger partial charge is 0.119 e. The highest BCUT2D eigenvalue weighted by Gasteiger charge is 2.44. The molecule has 0 spiro atoms. The fourth-order valence-corrected chi connectivity index (χ4v) is 4.44. The van der Waals surface area contributed by atoms with Crippen LogP contribution in [-0.4, -0.2) is 14.9 Å². The Balaban J connectivity index is 1.71. The van der Waals surface area contributed by atoms with Gasteiger partial charge in [-0.2, -0.15) is 10.2 Å². The van der Waals surface area contributed by atoms with Crippen LogP contribution >= 0.6 is 0 Å². The lowest BCUT2D eigenvalue weighted by atomic mass is 9.84. The molecule has 0 saturated heterocycles. The molecule has 27 heavy (non-hydrogen) atoms. The lowest BCUT2D eigenvalue weighted by Crippen LogP contribution is -2.07. The van der Waals surface area contributed by atoms with E-state index in [-0.39, 0.29) is 17.6 Å². The number of nitrogens with one attached hydrogen (secondary N) is 1. The minimum atomic E-state index is 0.0266. The fraction of sp³-hybridized carbons (Fsp3) is 0.409. The average molecular weight is 362 g/mol. The van der Waals surface area contributed by atoms with Gasteiger partial charge in [0.25, 0.3) is 0 Å². The van der Waals surface area contributed by atoms with E-state index in [1.807, 2.05) is 4.68 Å². The average Bonchev–Trinajstić information content (AvgIpc) is 3.37. The van der Waals surface area contributed by atoms with Gasteiger partial charge in [0.15, 0.2) is 0 Å². The van der Waals surface area contributed by atoms with Crippen molar-refractivity contribution in [3.8, 4) is 5.69 Å². The van der Waals surface area contributed by atoms with Crippen LogP contribution in [0.5, 0.6) is 0 Å². The van der Waals surface area contributed by atoms with Gasteiger partial charge >= 0.3 is 0 Å². The number of nitrogens with zero attached hydrogens (tertiary/aromatic N) is 3. The van der Waals surface area contributed by atoms with E-state index in [9.17, 15) is 5.11 Å². The van der Waals surface area contributed by atoms with Gasteiger partial charge in [-0.25, -0.2) is 10.2 Å². The Hall–Kier alpha value is -2.69. The second-order valence-corrected chi connectivity index (χ2v) is 7.78. The maximum Gasteiger partial charge on any atom is 0.119 e. The molecule has 2 unspecified atom stereocenters. The predicted octanol–water partition coefficient (Wildman–Crippen LogP) is 6.10. The van der Waals surface area contributed by atoms with Gasteiger partial charge < -0.3 is 5.11 Å². The zero-order chi connectivity index (χ0) is 19.0. The number of allylic oxidation sites excluding steroid dienone is 1. The lowest BCUT2D eigenvalue weighted by Gasteiger charge is -2.22. The van der Waals surface area contributed by atoms with Crippen molar-refractivity contribution in [2.24, 2.45) is 11.0 Å². The normalized spacial score (nSPS) is 22.4. The van der Waals surface area contributed by atoms with Gasteiger partial charge in [0, 0.05) is 11.8 Å². The molecule has 5 heteroatoms. The molecule has 0 bridgehead atoms. The van der Waals surface area contributed by atoms with E-state index in [2.05, 4.69) is 47.6 Å². The Kier molecular flexibility index (Phi) is 4.68. The number of aliphatic hydroxyl groups excluding tert-OH is 1. The van der Waals surface area contributed by atoms with E-state index >= 15 is 0 Å². The van der Waals surface area contributed by atoms with Crippen LogP contribution < -0.4 is 0 Å². The highest BCUT2D eigenvalue weighted by molar-refractivity contribution is 5.61. The van der Waals surface area contributed by atoms with Crippen molar-refractivity contribution in [3.05, 3.63) is 66.1 Å². The third-order valence-electron chi connectivity index (χ3n) is 6.02. The monoisotopic (exact) mass is 362 g/mol. The summed E-state index contributed by atoms with van der Waals surface area (Å²) in [5.74, 6) is 0.947. The molecule has 2 N–H and O–H groups in total. The Morgan fingerprint density at radius 1 is 1.22 bits per heavy atom. The quantitative estimate of drug-likeness (QED) is 0.481. The van der Waals surface area contributed by atoms with E-state index in [1.54, 1.807) is 6.20 Å². The van der Waals surface area contributed by atoms with Crippen LogP contribution in [0.4, 0.5) is 0 Å². The first-order valence-electron chi connectivity index (χ1n) is 9.73. The van der Waals surface area contributed by atoms with E-state index in [4.69, 9.17) is 5.53 Å². The van der Waals surface area contributed by atoms with Crippen LogP contribution in [0.1, 0.15) is 67.2 Å². The fourth-order valence-electron chi connectivity index (χ4n) is 4.44. The minimum Gasteiger partial charge on any atom is -0.508 e. The number of hydrogen-bond acceptors (Lipinski definition) is 4. The van der Waals surface area contributed by atoms with Crippen LogP contribution in [0.15, 0.2) is 54.4 Å². The molecular formula is C22H26N4O. The van der Waals surface area contributed by atoms with Crippen LogP contribution in [0.3, 0.4) is 0 Å². The van der Waals surface area contributed by atoms with Crippen molar-refractivity contribution in [1.29, 1.82) is 5.53 Å². The first-order valence-corrected chi connectivity index (χ1v) is 9.73. The SMILES string of the molecule is C=C(O)c1cnn(-c2cccc(C3CCCCC3)c2)c1C1CC1C(=C)N=N. The van der Waals surface area contributed by atoms with Crippen molar-refractivity contribution in [2.75, 3.05) is 0 Å². The van der Waals surface area contributed by atoms with Gasteiger partial charge in [0.2, 0.25) is 0 Å². The highest BCUT2D eigenvalue weighted by atomic mass is 16.3. The number of aliphatic hydroxyl groups is 1. The van der Waals surface area contributed by atoms with E-state index in [0.29, 0.717) is 17.2 Å². The van der Waals surface area contributed by atoms with Crippen molar-refractivity contribution in [2.45, 2.75) is 50.4 Å². The first kappa shape index (κ1) is 17.7. The summed E-state index contributed by atoms with van der Waals surface area (Å²) in [6.07, 6.45) is 9.01. The molecule has 2 aliphatic rings. The Bertz CT molecular complexity index is 891. The largest absolute Gasteiger partial charge is 0.508 e. The Labute approximate surface area is 159 Å². The third-order valence-corrected chi connectivity index (χ3v) is 6.02. The van der Waals surface area contributed by atoms with Crippen molar-refractivity contribution >= 4 is 5.76 Å². The zero-order valence-corrected chi connectivity index (χ0v) is 15.6. The van der Waals surface area contributed by atoms with Gasteiger partial charge in [-0.15, -0.1) is 0 Å². The van der Waals surface area contributed by atoms with Gasteiger partial charge in [-0.05, 0) is 42.9 Å². The number of aromatic nitrogens is 2. The molecule has 2 aromatic rings. The van der Waals surface area contributed by atoms with Crippen molar-refractivity contribution < 1.29 is 5.11 Å². The summed E-state index contributed by atoms with van der Waals surface area (Å²) in [5, 5.41) is 18.1. The summed E-state index contributed by atoms with van der Waals surface area (Å²) >= 11 is 0. The second kappa shape index (κ2) is 7.14. The van der Waals surface area contributed by atoms with Gasteiger partial charge in [0.05, 0.1) is 28.8 Å². The molecule has 1 aromatic carbocycles. The molecule has 140 valence electrons. The zero-order valence-electron chi connectivity index (χ0n) is 15.6. The molecule has 2 fully saturated rings. The van der Waals surface area contributed by atoms with E-state index < -0.39 is 0 Å². The third kappa shape index (κ3) is 3.34. The van der Waals surface area contributed by atoms with Crippen LogP contribution in [0.25, 0.3) is 11.4 Å². The maximum absolute atomic E-state index is 10.1. The highest BCUT2D eigenvalue weighted by Crippen LogP contribution is 2.53. The van der Waals surface area contributed by atoms with E-state index in [0.717, 1.165) is 17.8 Å². The number of hydrogen-bond donors (Lipinski definition) is 2. The molecule has 2 aliphatic carbocycles. The van der Waals surface area contributed by atoms with Crippen LogP contribution in [0.2, 0.25) is 0 Å². The van der Waals surface area contributed by atoms with Crippen molar-refractivity contribution in [3.63, 3.8) is 0 Å². The summed E-state index contributed by atoms with van der Waals surface area (Å²) in [7, 11) is 0. The molecule has 4 rings (SSSR count). The molecule has 2 atom stereocenters. The van der Waals surface area contributed by atoms with Gasteiger partial charge in [0.1, 0.15) is 5.76 Å². The summed E-state index contributed by atoms with van der Waals surface area (Å²) < 4.78 is 1.92. The molecule has 1 heterocycles. The predicted molar refractivity (Wildman–Crippen MR) is 106 cm³/mol. The van der Waals surface area contributed by atoms with E-state index in [1.165, 1.54) is 37.7 Å². The van der Waals surface area contributed by atoms with Crippen molar-refractivity contribution in [1.82, 2.24) is 9.78 Å². The maximum atomic E-state index is 10.1. The molecule has 2 saturated carbocycles. The molecular weight excluding hydrogens is 336 g/mol. The van der Waals surface area contributed by atoms with Gasteiger partial charge in [-0.1, -0.05) is 44.6 Å². The summed E-state index contributed by atoms with van der Waals surface area (Å²) in [6, 6.07) is 8.61.